The van der Waals surface area contributed by atoms with Crippen LogP contribution in [0.1, 0.15) is 32.3 Å². The number of carbonyl (C=O) groups excluding carboxylic acids is 1. The van der Waals surface area contributed by atoms with Gasteiger partial charge in [0.15, 0.2) is 0 Å². The molecule has 1 saturated carbocycles. The molecule has 3 unspecified atom stereocenters. The molecule has 1 aromatic rings. The highest BCUT2D eigenvalue weighted by Crippen LogP contribution is 2.31. The van der Waals surface area contributed by atoms with Gasteiger partial charge in [0.05, 0.1) is 0 Å². The first-order valence-electron chi connectivity index (χ1n) is 7.41. The van der Waals surface area contributed by atoms with E-state index in [2.05, 4.69) is 59.9 Å². The van der Waals surface area contributed by atoms with Crippen molar-refractivity contribution in [2.24, 2.45) is 17.8 Å². The van der Waals surface area contributed by atoms with Gasteiger partial charge in [0.25, 0.3) is 0 Å². The lowest BCUT2D eigenvalue weighted by Gasteiger charge is -2.34. The summed E-state index contributed by atoms with van der Waals surface area (Å²) in [7, 11) is 2.11. The van der Waals surface area contributed by atoms with Gasteiger partial charge in [-0.15, -0.1) is 0 Å². The molecule has 1 aliphatic carbocycles. The normalized spacial score (nSPS) is 27.1. The van der Waals surface area contributed by atoms with Crippen LogP contribution < -0.4 is 0 Å². The smallest absolute Gasteiger partial charge is 0.137 e. The summed E-state index contributed by atoms with van der Waals surface area (Å²) in [6.07, 6.45) is 1.95. The zero-order valence-corrected chi connectivity index (χ0v) is 14.2. The van der Waals surface area contributed by atoms with Crippen LogP contribution in [-0.2, 0) is 11.3 Å². The molecule has 3 atom stereocenters. The van der Waals surface area contributed by atoms with Gasteiger partial charge in [0.1, 0.15) is 5.78 Å². The second kappa shape index (κ2) is 6.86. The third-order valence-corrected chi connectivity index (χ3v) is 4.77. The number of Topliss-reactive ketones (excluding diaryl/α,β-unsaturated/α-hetero) is 1. The van der Waals surface area contributed by atoms with Crippen LogP contribution in [0.2, 0.25) is 0 Å². The largest absolute Gasteiger partial charge is 0.301 e. The highest BCUT2D eigenvalue weighted by atomic mass is 79.9. The van der Waals surface area contributed by atoms with Crippen molar-refractivity contribution >= 4 is 21.7 Å². The van der Waals surface area contributed by atoms with Crippen molar-refractivity contribution in [3.63, 3.8) is 0 Å². The summed E-state index contributed by atoms with van der Waals surface area (Å²) < 4.78 is 1.11. The number of nitrogens with zero attached hydrogens (tertiary/aromatic N) is 1. The molecule has 1 fully saturated rings. The van der Waals surface area contributed by atoms with Crippen LogP contribution in [0.25, 0.3) is 0 Å². The summed E-state index contributed by atoms with van der Waals surface area (Å²) in [6.45, 7) is 6.19. The van der Waals surface area contributed by atoms with Crippen molar-refractivity contribution in [1.82, 2.24) is 4.90 Å². The summed E-state index contributed by atoms with van der Waals surface area (Å²) in [5.74, 6) is 1.74. The average Bonchev–Trinajstić information content (AvgIpc) is 2.33. The van der Waals surface area contributed by atoms with Crippen LogP contribution in [0.15, 0.2) is 28.7 Å². The monoisotopic (exact) mass is 337 g/mol. The summed E-state index contributed by atoms with van der Waals surface area (Å²) in [4.78, 5) is 14.5. The average molecular weight is 338 g/mol. The first-order chi connectivity index (χ1) is 9.45. The molecule has 0 saturated heterocycles. The second-order valence-corrected chi connectivity index (χ2v) is 7.34. The minimum absolute atomic E-state index is 0.211. The van der Waals surface area contributed by atoms with Crippen LogP contribution in [0.5, 0.6) is 0 Å². The molecule has 0 radical (unpaired) electrons. The molecule has 0 heterocycles. The Kier molecular flexibility index (Phi) is 5.39. The number of benzene rings is 1. The summed E-state index contributed by atoms with van der Waals surface area (Å²) in [5.41, 5.74) is 1.28. The molecule has 1 aromatic carbocycles. The Morgan fingerprint density at radius 1 is 1.35 bits per heavy atom. The van der Waals surface area contributed by atoms with Crippen molar-refractivity contribution < 1.29 is 4.79 Å². The van der Waals surface area contributed by atoms with E-state index < -0.39 is 0 Å². The molecule has 3 heteroatoms. The van der Waals surface area contributed by atoms with Crippen molar-refractivity contribution in [1.29, 1.82) is 0 Å². The van der Waals surface area contributed by atoms with Gasteiger partial charge < -0.3 is 4.90 Å². The van der Waals surface area contributed by atoms with Gasteiger partial charge in [-0.1, -0.05) is 41.9 Å². The molecule has 20 heavy (non-hydrogen) atoms. The number of halogens is 1. The maximum atomic E-state index is 12.2. The third-order valence-electron chi connectivity index (χ3n) is 4.27. The Balaban J connectivity index is 1.94. The highest BCUT2D eigenvalue weighted by Gasteiger charge is 2.32. The van der Waals surface area contributed by atoms with E-state index in [1.165, 1.54) is 12.0 Å². The van der Waals surface area contributed by atoms with Crippen LogP contribution >= 0.6 is 15.9 Å². The SMILES string of the molecule is CC1CC(=O)C(CN(C)Cc2cccc(Br)c2)C(C)C1. The zero-order valence-electron chi connectivity index (χ0n) is 12.6. The predicted molar refractivity (Wildman–Crippen MR) is 86.5 cm³/mol. The highest BCUT2D eigenvalue weighted by molar-refractivity contribution is 9.10. The van der Waals surface area contributed by atoms with E-state index in [1.54, 1.807) is 0 Å². The number of hydrogen-bond donors (Lipinski definition) is 0. The quantitative estimate of drug-likeness (QED) is 0.823. The molecule has 2 nitrogen and oxygen atoms in total. The maximum absolute atomic E-state index is 12.2. The summed E-state index contributed by atoms with van der Waals surface area (Å²) >= 11 is 3.50. The van der Waals surface area contributed by atoms with Gasteiger partial charge >= 0.3 is 0 Å². The standard InChI is InChI=1S/C17H24BrNO/c1-12-7-13(2)16(17(20)8-12)11-19(3)10-14-5-4-6-15(18)9-14/h4-6,9,12-13,16H,7-8,10-11H2,1-3H3. The molecule has 1 aliphatic rings. The molecule has 0 aliphatic heterocycles. The summed E-state index contributed by atoms with van der Waals surface area (Å²) in [5, 5.41) is 0. The summed E-state index contributed by atoms with van der Waals surface area (Å²) in [6, 6.07) is 8.38. The fraction of sp³-hybridized carbons (Fsp3) is 0.588. The van der Waals surface area contributed by atoms with E-state index >= 15 is 0 Å². The molecule has 110 valence electrons. The Morgan fingerprint density at radius 2 is 2.10 bits per heavy atom. The molecule has 0 N–H and O–H groups in total. The van der Waals surface area contributed by atoms with E-state index in [0.29, 0.717) is 17.6 Å². The van der Waals surface area contributed by atoms with E-state index in [9.17, 15) is 4.79 Å². The predicted octanol–water partition coefficient (Wildman–Crippen LogP) is 4.13. The Hall–Kier alpha value is -0.670. The Bertz CT molecular complexity index is 474. The number of carbonyl (C=O) groups is 1. The van der Waals surface area contributed by atoms with Gasteiger partial charge in [0.2, 0.25) is 0 Å². The second-order valence-electron chi connectivity index (χ2n) is 6.42. The van der Waals surface area contributed by atoms with Gasteiger partial charge in [0, 0.05) is 29.9 Å². The van der Waals surface area contributed by atoms with E-state index in [1.807, 2.05) is 6.07 Å². The van der Waals surface area contributed by atoms with Crippen molar-refractivity contribution in [3.05, 3.63) is 34.3 Å². The molecular weight excluding hydrogens is 314 g/mol. The fourth-order valence-electron chi connectivity index (χ4n) is 3.32. The molecule has 2 rings (SSSR count). The van der Waals surface area contributed by atoms with E-state index in [0.717, 1.165) is 24.0 Å². The van der Waals surface area contributed by atoms with Gasteiger partial charge in [-0.2, -0.15) is 0 Å². The Morgan fingerprint density at radius 3 is 2.75 bits per heavy atom. The van der Waals surface area contributed by atoms with Gasteiger partial charge in [-0.25, -0.2) is 0 Å². The van der Waals surface area contributed by atoms with Crippen molar-refractivity contribution in [3.8, 4) is 0 Å². The molecule has 0 spiro atoms. The van der Waals surface area contributed by atoms with Crippen LogP contribution in [0.3, 0.4) is 0 Å². The lowest BCUT2D eigenvalue weighted by atomic mass is 9.74. The molecule has 0 amide bonds. The van der Waals surface area contributed by atoms with Crippen molar-refractivity contribution in [2.45, 2.75) is 33.2 Å². The fourth-order valence-corrected chi connectivity index (χ4v) is 3.77. The van der Waals surface area contributed by atoms with Crippen LogP contribution in [0.4, 0.5) is 0 Å². The first kappa shape index (κ1) is 15.7. The van der Waals surface area contributed by atoms with Gasteiger partial charge in [-0.05, 0) is 43.0 Å². The molecular formula is C17H24BrNO. The maximum Gasteiger partial charge on any atom is 0.137 e. The van der Waals surface area contributed by atoms with Crippen LogP contribution in [0, 0.1) is 17.8 Å². The zero-order chi connectivity index (χ0) is 14.7. The lowest BCUT2D eigenvalue weighted by molar-refractivity contribution is -0.128. The number of hydrogen-bond acceptors (Lipinski definition) is 2. The van der Waals surface area contributed by atoms with E-state index in [4.69, 9.17) is 0 Å². The topological polar surface area (TPSA) is 20.3 Å². The van der Waals surface area contributed by atoms with Crippen molar-refractivity contribution in [2.75, 3.05) is 13.6 Å². The van der Waals surface area contributed by atoms with Gasteiger partial charge in [-0.3, -0.25) is 4.79 Å². The van der Waals surface area contributed by atoms with E-state index in [-0.39, 0.29) is 5.92 Å². The third kappa shape index (κ3) is 4.16. The minimum atomic E-state index is 0.211. The lowest BCUT2D eigenvalue weighted by Crippen LogP contribution is -2.38. The molecule has 0 bridgehead atoms. The Labute approximate surface area is 130 Å². The number of rotatable bonds is 4. The first-order valence-corrected chi connectivity index (χ1v) is 8.20. The number of ketones is 1. The molecule has 0 aromatic heterocycles. The van der Waals surface area contributed by atoms with Crippen LogP contribution in [-0.4, -0.2) is 24.3 Å². The minimum Gasteiger partial charge on any atom is -0.301 e.